The van der Waals surface area contributed by atoms with Crippen molar-refractivity contribution in [3.63, 3.8) is 0 Å². The van der Waals surface area contributed by atoms with Crippen LogP contribution >= 0.6 is 0 Å². The van der Waals surface area contributed by atoms with Crippen LogP contribution in [0.2, 0.25) is 0 Å². The molecule has 1 aromatic carbocycles. The SMILES string of the molecule is CCCCCc1ccc2c(c1)CCC(C1CCC3CC(OCCC)CCC3C1)C2. The first-order valence-electron chi connectivity index (χ1n) is 13.0. The zero-order valence-corrected chi connectivity index (χ0v) is 19.1. The van der Waals surface area contributed by atoms with E-state index in [-0.39, 0.29) is 0 Å². The largest absolute Gasteiger partial charge is 0.378 e. The molecule has 2 saturated carbocycles. The molecule has 0 aromatic heterocycles. The van der Waals surface area contributed by atoms with Crippen LogP contribution in [0.25, 0.3) is 0 Å². The molecule has 1 aromatic rings. The Kier molecular flexibility index (Phi) is 7.73. The molecule has 0 aliphatic heterocycles. The maximum Gasteiger partial charge on any atom is 0.0578 e. The van der Waals surface area contributed by atoms with Gasteiger partial charge in [0.1, 0.15) is 0 Å². The molecule has 5 unspecified atom stereocenters. The monoisotopic (exact) mass is 396 g/mol. The maximum absolute atomic E-state index is 6.10. The van der Waals surface area contributed by atoms with Crippen LogP contribution in [-0.2, 0) is 24.0 Å². The number of rotatable bonds is 8. The first-order chi connectivity index (χ1) is 14.3. The highest BCUT2D eigenvalue weighted by atomic mass is 16.5. The van der Waals surface area contributed by atoms with Crippen molar-refractivity contribution in [3.8, 4) is 0 Å². The summed E-state index contributed by atoms with van der Waals surface area (Å²) in [6, 6.07) is 7.48. The third-order valence-electron chi connectivity index (χ3n) is 8.44. The molecule has 0 heterocycles. The van der Waals surface area contributed by atoms with Crippen LogP contribution in [0.15, 0.2) is 18.2 Å². The Morgan fingerprint density at radius 3 is 2.41 bits per heavy atom. The number of benzene rings is 1. The van der Waals surface area contributed by atoms with Gasteiger partial charge in [0.15, 0.2) is 0 Å². The number of hydrogen-bond donors (Lipinski definition) is 0. The lowest BCUT2D eigenvalue weighted by molar-refractivity contribution is -0.0236. The van der Waals surface area contributed by atoms with Crippen LogP contribution in [0.5, 0.6) is 0 Å². The van der Waals surface area contributed by atoms with Gasteiger partial charge in [0.2, 0.25) is 0 Å². The van der Waals surface area contributed by atoms with Crippen molar-refractivity contribution in [1.82, 2.24) is 0 Å². The van der Waals surface area contributed by atoms with Crippen molar-refractivity contribution >= 4 is 0 Å². The Morgan fingerprint density at radius 1 is 0.793 bits per heavy atom. The Balaban J connectivity index is 1.29. The highest BCUT2D eigenvalue weighted by molar-refractivity contribution is 5.34. The fourth-order valence-electron chi connectivity index (χ4n) is 6.72. The molecule has 5 atom stereocenters. The highest BCUT2D eigenvalue weighted by Crippen LogP contribution is 2.47. The van der Waals surface area contributed by atoms with Crippen molar-refractivity contribution in [1.29, 1.82) is 0 Å². The van der Waals surface area contributed by atoms with E-state index in [2.05, 4.69) is 32.0 Å². The molecule has 3 aliphatic rings. The summed E-state index contributed by atoms with van der Waals surface area (Å²) in [6.45, 7) is 5.49. The molecule has 0 N–H and O–H groups in total. The van der Waals surface area contributed by atoms with Gasteiger partial charge in [-0.25, -0.2) is 0 Å². The van der Waals surface area contributed by atoms with Crippen LogP contribution in [0.3, 0.4) is 0 Å². The molecule has 0 amide bonds. The average Bonchev–Trinajstić information content (AvgIpc) is 2.77. The third-order valence-corrected chi connectivity index (χ3v) is 8.44. The highest BCUT2D eigenvalue weighted by Gasteiger charge is 2.38. The predicted octanol–water partition coefficient (Wildman–Crippen LogP) is 7.54. The fraction of sp³-hybridized carbons (Fsp3) is 0.786. The van der Waals surface area contributed by atoms with Crippen LogP contribution in [0, 0.1) is 23.7 Å². The number of unbranched alkanes of at least 4 members (excludes halogenated alkanes) is 2. The minimum Gasteiger partial charge on any atom is -0.378 e. The summed E-state index contributed by atoms with van der Waals surface area (Å²) < 4.78 is 6.10. The van der Waals surface area contributed by atoms with Gasteiger partial charge >= 0.3 is 0 Å². The summed E-state index contributed by atoms with van der Waals surface area (Å²) in [4.78, 5) is 0. The predicted molar refractivity (Wildman–Crippen MR) is 123 cm³/mol. The van der Waals surface area contributed by atoms with Gasteiger partial charge in [-0.1, -0.05) is 44.9 Å². The molecular formula is C28H44O. The van der Waals surface area contributed by atoms with E-state index in [4.69, 9.17) is 4.74 Å². The van der Waals surface area contributed by atoms with Gasteiger partial charge in [0, 0.05) is 6.61 Å². The number of ether oxygens (including phenoxy) is 1. The molecule has 1 nitrogen and oxygen atoms in total. The Labute approximate surface area is 180 Å². The molecule has 0 bridgehead atoms. The van der Waals surface area contributed by atoms with Crippen molar-refractivity contribution in [2.75, 3.05) is 6.61 Å². The molecule has 2 fully saturated rings. The van der Waals surface area contributed by atoms with E-state index < -0.39 is 0 Å². The van der Waals surface area contributed by atoms with Crippen molar-refractivity contribution in [2.45, 2.75) is 110 Å². The zero-order valence-electron chi connectivity index (χ0n) is 19.1. The molecule has 0 saturated heterocycles. The topological polar surface area (TPSA) is 9.23 Å². The van der Waals surface area contributed by atoms with Crippen LogP contribution in [0.1, 0.15) is 101 Å². The standard InChI is InChI=1S/C28H44O/c1-3-5-6-7-21-8-9-23-18-24(11-10-22(23)17-21)25-12-13-27-20-28(29-16-4-2)15-14-26(27)19-25/h8-9,17,24-28H,3-7,10-16,18-20H2,1-2H3. The Bertz CT molecular complexity index is 635. The molecular weight excluding hydrogens is 352 g/mol. The molecule has 4 rings (SSSR count). The summed E-state index contributed by atoms with van der Waals surface area (Å²) in [6.07, 6.45) is 19.8. The number of fused-ring (bicyclic) bond motifs is 2. The van der Waals surface area contributed by atoms with Crippen molar-refractivity contribution in [2.24, 2.45) is 23.7 Å². The second-order valence-corrected chi connectivity index (χ2v) is 10.5. The first kappa shape index (κ1) is 21.4. The van der Waals surface area contributed by atoms with Crippen molar-refractivity contribution < 1.29 is 4.74 Å². The van der Waals surface area contributed by atoms with E-state index in [1.807, 2.05) is 0 Å². The summed E-state index contributed by atoms with van der Waals surface area (Å²) in [5.74, 6) is 3.89. The van der Waals surface area contributed by atoms with E-state index in [1.165, 1.54) is 83.5 Å². The summed E-state index contributed by atoms with van der Waals surface area (Å²) in [5.41, 5.74) is 4.94. The van der Waals surface area contributed by atoms with E-state index in [0.29, 0.717) is 6.10 Å². The molecule has 0 spiro atoms. The molecule has 0 radical (unpaired) electrons. The van der Waals surface area contributed by atoms with E-state index >= 15 is 0 Å². The van der Waals surface area contributed by atoms with E-state index in [0.717, 1.165) is 36.7 Å². The van der Waals surface area contributed by atoms with Gasteiger partial charge in [-0.2, -0.15) is 0 Å². The molecule has 162 valence electrons. The minimum atomic E-state index is 0.570. The van der Waals surface area contributed by atoms with Crippen LogP contribution in [-0.4, -0.2) is 12.7 Å². The minimum absolute atomic E-state index is 0.570. The van der Waals surface area contributed by atoms with Gasteiger partial charge in [0.05, 0.1) is 6.10 Å². The van der Waals surface area contributed by atoms with E-state index in [1.54, 1.807) is 16.7 Å². The van der Waals surface area contributed by atoms with E-state index in [9.17, 15) is 0 Å². The summed E-state index contributed by atoms with van der Waals surface area (Å²) in [5, 5.41) is 0. The molecule has 3 aliphatic carbocycles. The molecule has 29 heavy (non-hydrogen) atoms. The van der Waals surface area contributed by atoms with Crippen LogP contribution < -0.4 is 0 Å². The van der Waals surface area contributed by atoms with Gasteiger partial charge in [-0.15, -0.1) is 0 Å². The quantitative estimate of drug-likeness (QED) is 0.412. The average molecular weight is 397 g/mol. The first-order valence-corrected chi connectivity index (χ1v) is 13.0. The molecule has 1 heteroatoms. The normalized spacial score (nSPS) is 31.9. The Morgan fingerprint density at radius 2 is 1.59 bits per heavy atom. The lowest BCUT2D eigenvalue weighted by Crippen LogP contribution is -2.37. The maximum atomic E-state index is 6.10. The van der Waals surface area contributed by atoms with Gasteiger partial charge < -0.3 is 4.74 Å². The number of hydrogen-bond acceptors (Lipinski definition) is 1. The smallest absolute Gasteiger partial charge is 0.0578 e. The lowest BCUT2D eigenvalue weighted by atomic mass is 9.62. The third kappa shape index (κ3) is 5.46. The van der Waals surface area contributed by atoms with Gasteiger partial charge in [-0.3, -0.25) is 0 Å². The Hall–Kier alpha value is -0.820. The summed E-state index contributed by atoms with van der Waals surface area (Å²) >= 11 is 0. The van der Waals surface area contributed by atoms with Crippen LogP contribution in [0.4, 0.5) is 0 Å². The number of aryl methyl sites for hydroxylation is 2. The van der Waals surface area contributed by atoms with Gasteiger partial charge in [-0.05, 0) is 117 Å². The van der Waals surface area contributed by atoms with Crippen molar-refractivity contribution in [3.05, 3.63) is 34.9 Å². The zero-order chi connectivity index (χ0) is 20.1. The summed E-state index contributed by atoms with van der Waals surface area (Å²) in [7, 11) is 0. The second kappa shape index (κ2) is 10.5. The second-order valence-electron chi connectivity index (χ2n) is 10.5. The fourth-order valence-corrected chi connectivity index (χ4v) is 6.72. The lowest BCUT2D eigenvalue weighted by Gasteiger charge is -2.45. The van der Waals surface area contributed by atoms with Gasteiger partial charge in [0.25, 0.3) is 0 Å².